The van der Waals surface area contributed by atoms with Gasteiger partial charge in [-0.05, 0) is 24.6 Å². The Kier molecular flexibility index (Phi) is 3.51. The van der Waals surface area contributed by atoms with Gasteiger partial charge in [-0.15, -0.1) is 0 Å². The van der Waals surface area contributed by atoms with Crippen LogP contribution in [0.15, 0.2) is 24.3 Å². The highest BCUT2D eigenvalue weighted by atomic mass is 16.6. The van der Waals surface area contributed by atoms with Gasteiger partial charge in [-0.3, -0.25) is 10.1 Å². The summed E-state index contributed by atoms with van der Waals surface area (Å²) in [5, 5.41) is 18.1. The van der Waals surface area contributed by atoms with Gasteiger partial charge >= 0.3 is 0 Å². The molecule has 0 radical (unpaired) electrons. The summed E-state index contributed by atoms with van der Waals surface area (Å²) in [4.78, 5) is 9.93. The van der Waals surface area contributed by atoms with Gasteiger partial charge in [0.1, 0.15) is 0 Å². The zero-order chi connectivity index (χ0) is 11.4. The first kappa shape index (κ1) is 11.3. The van der Waals surface area contributed by atoms with Crippen molar-refractivity contribution in [3.05, 3.63) is 39.9 Å². The number of nitrogens with two attached hydrogens (primary N) is 1. The van der Waals surface area contributed by atoms with Crippen molar-refractivity contribution in [3.8, 4) is 0 Å². The van der Waals surface area contributed by atoms with Crippen molar-refractivity contribution >= 4 is 11.4 Å². The molecule has 1 atom stereocenters. The van der Waals surface area contributed by atoms with Crippen LogP contribution in [0.5, 0.6) is 0 Å². The minimum atomic E-state index is -0.459. The van der Waals surface area contributed by atoms with Gasteiger partial charge in [0.15, 0.2) is 0 Å². The van der Waals surface area contributed by atoms with E-state index in [9.17, 15) is 10.1 Å². The Balaban J connectivity index is 2.80. The van der Waals surface area contributed by atoms with Crippen LogP contribution in [0.4, 0.5) is 5.69 Å². The largest absolute Gasteiger partial charge is 0.328 e. The molecule has 0 aliphatic carbocycles. The van der Waals surface area contributed by atoms with Crippen molar-refractivity contribution in [1.82, 2.24) is 0 Å². The fourth-order valence-corrected chi connectivity index (χ4v) is 1.22. The average molecular weight is 207 g/mol. The molecule has 0 saturated carbocycles. The third-order valence-corrected chi connectivity index (χ3v) is 1.95. The first-order valence-electron chi connectivity index (χ1n) is 4.58. The topological polar surface area (TPSA) is 93.0 Å². The van der Waals surface area contributed by atoms with E-state index in [-0.39, 0.29) is 11.7 Å². The lowest BCUT2D eigenvalue weighted by Gasteiger charge is -2.06. The third kappa shape index (κ3) is 3.14. The van der Waals surface area contributed by atoms with Gasteiger partial charge in [-0.25, -0.2) is 0 Å². The zero-order valence-corrected chi connectivity index (χ0v) is 8.43. The molecule has 5 nitrogen and oxygen atoms in total. The first-order valence-corrected chi connectivity index (χ1v) is 4.58. The van der Waals surface area contributed by atoms with Crippen LogP contribution in [0.3, 0.4) is 0 Å². The Morgan fingerprint density at radius 1 is 1.53 bits per heavy atom. The van der Waals surface area contributed by atoms with E-state index >= 15 is 0 Å². The lowest BCUT2D eigenvalue weighted by Crippen LogP contribution is -2.19. The van der Waals surface area contributed by atoms with Crippen molar-refractivity contribution in [3.63, 3.8) is 0 Å². The number of benzene rings is 1. The maximum atomic E-state index is 10.4. The fourth-order valence-electron chi connectivity index (χ4n) is 1.22. The molecule has 15 heavy (non-hydrogen) atoms. The van der Waals surface area contributed by atoms with E-state index in [1.807, 2.05) is 6.92 Å². The predicted molar refractivity (Wildman–Crippen MR) is 58.2 cm³/mol. The maximum absolute atomic E-state index is 10.4. The molecule has 1 rings (SSSR count). The second-order valence-corrected chi connectivity index (χ2v) is 3.46. The van der Waals surface area contributed by atoms with Gasteiger partial charge < -0.3 is 11.1 Å². The summed E-state index contributed by atoms with van der Waals surface area (Å²) in [6.07, 6.45) is 0.470. The molecule has 0 aliphatic heterocycles. The smallest absolute Gasteiger partial charge is 0.269 e. The molecule has 0 unspecified atom stereocenters. The molecule has 0 fully saturated rings. The predicted octanol–water partition coefficient (Wildman–Crippen LogP) is 1.70. The first-order chi connectivity index (χ1) is 7.00. The summed E-state index contributed by atoms with van der Waals surface area (Å²) in [6.45, 7) is 1.82. The van der Waals surface area contributed by atoms with E-state index in [1.54, 1.807) is 12.1 Å². The van der Waals surface area contributed by atoms with E-state index in [0.29, 0.717) is 17.7 Å². The van der Waals surface area contributed by atoms with Crippen molar-refractivity contribution in [2.24, 2.45) is 5.73 Å². The van der Waals surface area contributed by atoms with Crippen molar-refractivity contribution in [2.45, 2.75) is 19.4 Å². The van der Waals surface area contributed by atoms with E-state index in [0.717, 1.165) is 0 Å². The minimum absolute atomic E-state index is 0.0346. The van der Waals surface area contributed by atoms with E-state index in [2.05, 4.69) is 0 Å². The standard InChI is InChI=1S/C10H13N3O2/c1-7(11)6-10(12)8-2-4-9(5-3-8)13(14)15/h2-5,7,12H,6,11H2,1H3/t7-/m0/s1. The lowest BCUT2D eigenvalue weighted by atomic mass is 10.0. The van der Waals surface area contributed by atoms with Gasteiger partial charge in [-0.2, -0.15) is 0 Å². The monoisotopic (exact) mass is 207 g/mol. The SMILES string of the molecule is C[C@H](N)CC(=N)c1ccc([N+](=O)[O-])cc1. The summed E-state index contributed by atoms with van der Waals surface area (Å²) in [6, 6.07) is 5.86. The molecule has 0 spiro atoms. The minimum Gasteiger partial charge on any atom is -0.328 e. The number of hydrogen-bond acceptors (Lipinski definition) is 4. The van der Waals surface area contributed by atoms with Gasteiger partial charge in [0.25, 0.3) is 5.69 Å². The van der Waals surface area contributed by atoms with Crippen LogP contribution in [0.2, 0.25) is 0 Å². The Hall–Kier alpha value is -1.75. The van der Waals surface area contributed by atoms with Crippen molar-refractivity contribution in [1.29, 1.82) is 5.41 Å². The summed E-state index contributed by atoms with van der Waals surface area (Å²) >= 11 is 0. The Morgan fingerprint density at radius 3 is 2.47 bits per heavy atom. The number of hydrogen-bond donors (Lipinski definition) is 2. The van der Waals surface area contributed by atoms with Gasteiger partial charge in [0.2, 0.25) is 0 Å². The molecule has 0 aromatic heterocycles. The summed E-state index contributed by atoms with van der Waals surface area (Å²) in [5.41, 5.74) is 6.68. The Morgan fingerprint density at radius 2 is 2.07 bits per heavy atom. The molecule has 0 aliphatic rings. The number of nitro benzene ring substituents is 1. The summed E-state index contributed by atoms with van der Waals surface area (Å²) < 4.78 is 0. The van der Waals surface area contributed by atoms with E-state index in [4.69, 9.17) is 11.1 Å². The highest BCUT2D eigenvalue weighted by Crippen LogP contribution is 2.13. The van der Waals surface area contributed by atoms with Crippen molar-refractivity contribution in [2.75, 3.05) is 0 Å². The molecule has 3 N–H and O–H groups in total. The van der Waals surface area contributed by atoms with Crippen LogP contribution in [-0.2, 0) is 0 Å². The van der Waals surface area contributed by atoms with Gasteiger partial charge in [-0.1, -0.05) is 0 Å². The second kappa shape index (κ2) is 4.65. The number of nitrogens with zero attached hydrogens (tertiary/aromatic N) is 1. The van der Waals surface area contributed by atoms with Crippen LogP contribution < -0.4 is 5.73 Å². The van der Waals surface area contributed by atoms with Gasteiger partial charge in [0.05, 0.1) is 4.92 Å². The van der Waals surface area contributed by atoms with Crippen LogP contribution in [0, 0.1) is 15.5 Å². The van der Waals surface area contributed by atoms with Gasteiger partial charge in [0, 0.05) is 30.3 Å². The lowest BCUT2D eigenvalue weighted by molar-refractivity contribution is -0.384. The van der Waals surface area contributed by atoms with Crippen LogP contribution in [-0.4, -0.2) is 16.7 Å². The summed E-state index contributed by atoms with van der Waals surface area (Å²) in [5.74, 6) is 0. The maximum Gasteiger partial charge on any atom is 0.269 e. The van der Waals surface area contributed by atoms with Crippen LogP contribution in [0.25, 0.3) is 0 Å². The van der Waals surface area contributed by atoms with Crippen LogP contribution in [0.1, 0.15) is 18.9 Å². The van der Waals surface area contributed by atoms with E-state index < -0.39 is 4.92 Å². The number of nitrogens with one attached hydrogen (secondary N) is 1. The highest BCUT2D eigenvalue weighted by molar-refractivity contribution is 5.98. The number of nitro groups is 1. The highest BCUT2D eigenvalue weighted by Gasteiger charge is 2.07. The molecular weight excluding hydrogens is 194 g/mol. The number of non-ortho nitro benzene ring substituents is 1. The van der Waals surface area contributed by atoms with Crippen molar-refractivity contribution < 1.29 is 4.92 Å². The summed E-state index contributed by atoms with van der Waals surface area (Å²) in [7, 11) is 0. The fraction of sp³-hybridized carbons (Fsp3) is 0.300. The molecule has 5 heteroatoms. The van der Waals surface area contributed by atoms with E-state index in [1.165, 1.54) is 12.1 Å². The zero-order valence-electron chi connectivity index (χ0n) is 8.43. The Bertz CT molecular complexity index is 371. The molecule has 0 amide bonds. The normalized spacial score (nSPS) is 12.1. The molecule has 1 aromatic rings. The third-order valence-electron chi connectivity index (χ3n) is 1.95. The molecular formula is C10H13N3O2. The molecule has 0 saturated heterocycles. The average Bonchev–Trinajstić information content (AvgIpc) is 2.17. The second-order valence-electron chi connectivity index (χ2n) is 3.46. The number of rotatable bonds is 4. The molecule has 0 bridgehead atoms. The molecule has 1 aromatic carbocycles. The van der Waals surface area contributed by atoms with Crippen LogP contribution >= 0.6 is 0 Å². The molecule has 80 valence electrons. The quantitative estimate of drug-likeness (QED) is 0.447. The Labute approximate surface area is 87.6 Å². The molecule has 0 heterocycles.